The predicted molar refractivity (Wildman–Crippen MR) is 109 cm³/mol. The maximum absolute atomic E-state index is 13.0. The lowest BCUT2D eigenvalue weighted by atomic mass is 9.92. The van der Waals surface area contributed by atoms with Gasteiger partial charge in [0.05, 0.1) is 20.8 Å². The van der Waals surface area contributed by atoms with E-state index in [1.54, 1.807) is 14.0 Å². The van der Waals surface area contributed by atoms with Gasteiger partial charge in [0.15, 0.2) is 18.2 Å². The van der Waals surface area contributed by atoms with E-state index in [-0.39, 0.29) is 18.6 Å². The smallest absolute Gasteiger partial charge is 0.329 e. The van der Waals surface area contributed by atoms with Crippen molar-refractivity contribution in [2.24, 2.45) is 0 Å². The number of rotatable bonds is 8. The third-order valence-electron chi connectivity index (χ3n) is 5.09. The Kier molecular flexibility index (Phi) is 6.08. The second-order valence-electron chi connectivity index (χ2n) is 7.36. The number of nitrogens with zero attached hydrogens (tertiary/aromatic N) is 1. The number of carbonyl (C=O) groups excluding carboxylic acids is 2. The van der Waals surface area contributed by atoms with Crippen molar-refractivity contribution >= 4 is 11.9 Å². The topological polar surface area (TPSA) is 72.3 Å². The van der Waals surface area contributed by atoms with Crippen LogP contribution in [0.5, 0.6) is 11.5 Å². The van der Waals surface area contributed by atoms with E-state index in [0.717, 1.165) is 16.0 Å². The van der Waals surface area contributed by atoms with Crippen LogP contribution in [0.1, 0.15) is 25.0 Å². The fraction of sp³-hybridized carbons (Fsp3) is 0.364. The molecule has 2 atom stereocenters. The maximum Gasteiger partial charge on any atom is 0.329 e. The number of methoxy groups -OCH3 is 1. The lowest BCUT2D eigenvalue weighted by Gasteiger charge is -2.23. The molecule has 29 heavy (non-hydrogen) atoms. The molecule has 2 N–H and O–H groups in total. The van der Waals surface area contributed by atoms with Crippen LogP contribution < -0.4 is 19.7 Å². The molecular weight excluding hydrogens is 370 g/mol. The van der Waals surface area contributed by atoms with E-state index in [9.17, 15) is 9.59 Å². The molecule has 0 bridgehead atoms. The number of benzene rings is 2. The number of carbonyl (C=O) groups is 2. The summed E-state index contributed by atoms with van der Waals surface area (Å²) in [7, 11) is 3.55. The van der Waals surface area contributed by atoms with Gasteiger partial charge in [0.25, 0.3) is 5.91 Å². The van der Waals surface area contributed by atoms with Crippen LogP contribution in [0.4, 0.5) is 4.79 Å². The SMILES string of the molecule is CCOc1ccc(C[NH+](C)CN2C(=O)N[C@](C)(c3ccccc3)C2=O)cc1OC. The van der Waals surface area contributed by atoms with E-state index >= 15 is 0 Å². The first-order valence-corrected chi connectivity index (χ1v) is 9.69. The lowest BCUT2D eigenvalue weighted by molar-refractivity contribution is -0.901. The van der Waals surface area contributed by atoms with Gasteiger partial charge in [0, 0.05) is 5.56 Å². The summed E-state index contributed by atoms with van der Waals surface area (Å²) in [5.41, 5.74) is 0.761. The molecule has 0 aromatic heterocycles. The molecule has 7 heteroatoms. The molecule has 1 aliphatic heterocycles. The summed E-state index contributed by atoms with van der Waals surface area (Å²) in [4.78, 5) is 27.8. The normalized spacial score (nSPS) is 19.8. The van der Waals surface area contributed by atoms with E-state index in [1.165, 1.54) is 4.90 Å². The van der Waals surface area contributed by atoms with Gasteiger partial charge in [-0.1, -0.05) is 30.3 Å². The van der Waals surface area contributed by atoms with Gasteiger partial charge in [-0.2, -0.15) is 0 Å². The Balaban J connectivity index is 1.70. The molecule has 0 saturated carbocycles. The molecule has 154 valence electrons. The first-order chi connectivity index (χ1) is 13.9. The zero-order valence-corrected chi connectivity index (χ0v) is 17.3. The van der Waals surface area contributed by atoms with Gasteiger partial charge in [-0.3, -0.25) is 4.79 Å². The van der Waals surface area contributed by atoms with Crippen LogP contribution in [-0.2, 0) is 16.9 Å². The van der Waals surface area contributed by atoms with Crippen molar-refractivity contribution in [3.05, 3.63) is 59.7 Å². The summed E-state index contributed by atoms with van der Waals surface area (Å²) >= 11 is 0. The summed E-state index contributed by atoms with van der Waals surface area (Å²) in [6, 6.07) is 14.7. The van der Waals surface area contributed by atoms with Gasteiger partial charge in [-0.05, 0) is 37.6 Å². The summed E-state index contributed by atoms with van der Waals surface area (Å²) in [6.07, 6.45) is 0. The van der Waals surface area contributed by atoms with Crippen LogP contribution in [0.15, 0.2) is 48.5 Å². The molecule has 2 aromatic carbocycles. The Labute approximate surface area is 171 Å². The van der Waals surface area contributed by atoms with Crippen molar-refractivity contribution in [1.29, 1.82) is 0 Å². The Hall–Kier alpha value is -3.06. The van der Waals surface area contributed by atoms with Crippen LogP contribution in [0.25, 0.3) is 0 Å². The van der Waals surface area contributed by atoms with E-state index < -0.39 is 5.54 Å². The second kappa shape index (κ2) is 8.53. The highest BCUT2D eigenvalue weighted by molar-refractivity contribution is 6.07. The molecule has 2 aromatic rings. The minimum absolute atomic E-state index is 0.239. The predicted octanol–water partition coefficient (Wildman–Crippen LogP) is 1.53. The quantitative estimate of drug-likeness (QED) is 0.662. The van der Waals surface area contributed by atoms with E-state index in [0.29, 0.717) is 24.7 Å². The molecule has 0 radical (unpaired) electrons. The third-order valence-corrected chi connectivity index (χ3v) is 5.09. The molecule has 1 fully saturated rings. The molecule has 1 unspecified atom stereocenters. The van der Waals surface area contributed by atoms with Crippen molar-refractivity contribution < 1.29 is 24.0 Å². The molecule has 3 amide bonds. The molecule has 0 aliphatic carbocycles. The number of urea groups is 1. The van der Waals surface area contributed by atoms with Gasteiger partial charge in [-0.15, -0.1) is 0 Å². The molecule has 7 nitrogen and oxygen atoms in total. The highest BCUT2D eigenvalue weighted by Crippen LogP contribution is 2.29. The first-order valence-electron chi connectivity index (χ1n) is 9.69. The Morgan fingerprint density at radius 3 is 2.48 bits per heavy atom. The fourth-order valence-electron chi connectivity index (χ4n) is 3.58. The third kappa shape index (κ3) is 4.19. The summed E-state index contributed by atoms with van der Waals surface area (Å²) in [6.45, 7) is 5.12. The average molecular weight is 398 g/mol. The fourth-order valence-corrected chi connectivity index (χ4v) is 3.58. The van der Waals surface area contributed by atoms with Crippen molar-refractivity contribution in [2.45, 2.75) is 25.9 Å². The summed E-state index contributed by atoms with van der Waals surface area (Å²) in [5.74, 6) is 1.13. The molecule has 1 saturated heterocycles. The number of ether oxygens (including phenoxy) is 2. The Bertz CT molecular complexity index is 887. The minimum Gasteiger partial charge on any atom is -0.493 e. The first kappa shape index (κ1) is 20.7. The molecular formula is C22H28N3O4+. The standard InChI is InChI=1S/C22H27N3O4/c1-5-29-18-12-11-16(13-19(18)28-4)14-24(3)15-25-20(26)22(2,23-21(25)27)17-9-7-6-8-10-17/h6-13H,5,14-15H2,1-4H3,(H,23,27)/p+1/t22-/m1/s1. The number of nitrogens with one attached hydrogen (secondary N) is 2. The monoisotopic (exact) mass is 398 g/mol. The van der Waals surface area contributed by atoms with Crippen LogP contribution >= 0.6 is 0 Å². The molecule has 1 heterocycles. The van der Waals surface area contributed by atoms with Gasteiger partial charge < -0.3 is 19.7 Å². The van der Waals surface area contributed by atoms with E-state index in [1.807, 2.05) is 62.5 Å². The minimum atomic E-state index is -1.04. The van der Waals surface area contributed by atoms with Crippen LogP contribution in [-0.4, -0.2) is 44.3 Å². The molecule has 3 rings (SSSR count). The lowest BCUT2D eigenvalue weighted by Crippen LogP contribution is -3.09. The number of amides is 3. The van der Waals surface area contributed by atoms with Crippen molar-refractivity contribution in [2.75, 3.05) is 27.4 Å². The Morgan fingerprint density at radius 2 is 1.83 bits per heavy atom. The summed E-state index contributed by atoms with van der Waals surface area (Å²) in [5, 5.41) is 2.84. The number of hydrogen-bond acceptors (Lipinski definition) is 4. The van der Waals surface area contributed by atoms with Crippen molar-refractivity contribution in [3.63, 3.8) is 0 Å². The highest BCUT2D eigenvalue weighted by Gasteiger charge is 2.49. The number of imide groups is 1. The van der Waals surface area contributed by atoms with Crippen LogP contribution in [0.2, 0.25) is 0 Å². The average Bonchev–Trinajstić information content (AvgIpc) is 2.94. The summed E-state index contributed by atoms with van der Waals surface area (Å²) < 4.78 is 11.0. The zero-order chi connectivity index (χ0) is 21.0. The number of quaternary nitrogens is 1. The van der Waals surface area contributed by atoms with Crippen LogP contribution in [0.3, 0.4) is 0 Å². The Morgan fingerprint density at radius 1 is 1.10 bits per heavy atom. The van der Waals surface area contributed by atoms with Crippen LogP contribution in [0, 0.1) is 0 Å². The zero-order valence-electron chi connectivity index (χ0n) is 17.3. The maximum atomic E-state index is 13.0. The van der Waals surface area contributed by atoms with Gasteiger partial charge in [-0.25, -0.2) is 9.69 Å². The van der Waals surface area contributed by atoms with Gasteiger partial charge >= 0.3 is 6.03 Å². The molecule has 0 spiro atoms. The van der Waals surface area contributed by atoms with Gasteiger partial charge in [0.2, 0.25) is 0 Å². The second-order valence-corrected chi connectivity index (χ2v) is 7.36. The number of hydrogen-bond donors (Lipinski definition) is 2. The van der Waals surface area contributed by atoms with E-state index in [2.05, 4.69) is 5.32 Å². The highest BCUT2D eigenvalue weighted by atomic mass is 16.5. The van der Waals surface area contributed by atoms with Crippen molar-refractivity contribution in [3.8, 4) is 11.5 Å². The largest absolute Gasteiger partial charge is 0.493 e. The van der Waals surface area contributed by atoms with Crippen molar-refractivity contribution in [1.82, 2.24) is 10.2 Å². The van der Waals surface area contributed by atoms with Gasteiger partial charge in [0.1, 0.15) is 12.1 Å². The molecule has 1 aliphatic rings. The van der Waals surface area contributed by atoms with E-state index in [4.69, 9.17) is 9.47 Å².